The van der Waals surface area contributed by atoms with E-state index in [1.807, 2.05) is 18.7 Å². The third-order valence-corrected chi connectivity index (χ3v) is 4.50. The Morgan fingerprint density at radius 1 is 1.50 bits per heavy atom. The first-order valence-corrected chi connectivity index (χ1v) is 6.72. The standard InChI is InChI=1S/C10H17NOS2/c1-7(4-12)5-13-6-10-8(2)11-9(3)14-10/h7,12H,4-6H2,1-3H3/t7-/m0/s1. The number of thioether (sulfide) groups is 1. The second kappa shape index (κ2) is 5.73. The summed E-state index contributed by atoms with van der Waals surface area (Å²) in [6, 6.07) is 0. The van der Waals surface area contributed by atoms with Crippen LogP contribution in [0, 0.1) is 19.8 Å². The van der Waals surface area contributed by atoms with E-state index in [9.17, 15) is 0 Å². The molecular formula is C10H17NOS2. The Labute approximate surface area is 93.8 Å². The van der Waals surface area contributed by atoms with Gasteiger partial charge in [-0.15, -0.1) is 11.3 Å². The minimum Gasteiger partial charge on any atom is -0.396 e. The number of aliphatic hydroxyl groups is 1. The van der Waals surface area contributed by atoms with Crippen LogP contribution in [0.5, 0.6) is 0 Å². The molecule has 0 aromatic carbocycles. The Bertz CT molecular complexity index is 286. The lowest BCUT2D eigenvalue weighted by atomic mass is 10.2. The van der Waals surface area contributed by atoms with Gasteiger partial charge in [0.05, 0.1) is 10.7 Å². The maximum atomic E-state index is 8.87. The molecule has 0 aliphatic heterocycles. The van der Waals surface area contributed by atoms with Gasteiger partial charge in [0.15, 0.2) is 0 Å². The lowest BCUT2D eigenvalue weighted by Gasteiger charge is -2.05. The Balaban J connectivity index is 2.34. The molecule has 0 amide bonds. The molecule has 0 radical (unpaired) electrons. The highest BCUT2D eigenvalue weighted by Crippen LogP contribution is 2.23. The summed E-state index contributed by atoms with van der Waals surface area (Å²) in [5, 5.41) is 10.0. The molecule has 0 bridgehead atoms. The second-order valence-electron chi connectivity index (χ2n) is 3.54. The molecule has 0 aliphatic rings. The highest BCUT2D eigenvalue weighted by atomic mass is 32.2. The van der Waals surface area contributed by atoms with Gasteiger partial charge >= 0.3 is 0 Å². The molecule has 2 nitrogen and oxygen atoms in total. The van der Waals surface area contributed by atoms with Crippen molar-refractivity contribution in [1.82, 2.24) is 4.98 Å². The van der Waals surface area contributed by atoms with Crippen LogP contribution in [0.15, 0.2) is 0 Å². The van der Waals surface area contributed by atoms with E-state index in [0.29, 0.717) is 5.92 Å². The van der Waals surface area contributed by atoms with E-state index < -0.39 is 0 Å². The molecule has 14 heavy (non-hydrogen) atoms. The summed E-state index contributed by atoms with van der Waals surface area (Å²) in [6.45, 7) is 6.46. The number of aryl methyl sites for hydroxylation is 2. The van der Waals surface area contributed by atoms with Crippen molar-refractivity contribution in [1.29, 1.82) is 0 Å². The van der Waals surface area contributed by atoms with Gasteiger partial charge < -0.3 is 5.11 Å². The number of aliphatic hydroxyl groups excluding tert-OH is 1. The first-order chi connectivity index (χ1) is 6.63. The summed E-state index contributed by atoms with van der Waals surface area (Å²) in [5.74, 6) is 2.45. The fraction of sp³-hybridized carbons (Fsp3) is 0.700. The summed E-state index contributed by atoms with van der Waals surface area (Å²) in [6.07, 6.45) is 0. The molecule has 0 fully saturated rings. The van der Waals surface area contributed by atoms with Crippen LogP contribution >= 0.6 is 23.1 Å². The van der Waals surface area contributed by atoms with Gasteiger partial charge in [0, 0.05) is 17.2 Å². The Hall–Kier alpha value is -0.0600. The van der Waals surface area contributed by atoms with Gasteiger partial charge in [-0.3, -0.25) is 0 Å². The van der Waals surface area contributed by atoms with Crippen LogP contribution in [0.4, 0.5) is 0 Å². The molecule has 1 atom stereocenters. The van der Waals surface area contributed by atoms with Gasteiger partial charge in [-0.1, -0.05) is 6.92 Å². The maximum absolute atomic E-state index is 8.87. The van der Waals surface area contributed by atoms with Crippen molar-refractivity contribution < 1.29 is 5.11 Å². The van der Waals surface area contributed by atoms with Gasteiger partial charge in [-0.05, 0) is 25.5 Å². The van der Waals surface area contributed by atoms with Gasteiger partial charge in [0.25, 0.3) is 0 Å². The van der Waals surface area contributed by atoms with Crippen molar-refractivity contribution in [2.75, 3.05) is 12.4 Å². The van der Waals surface area contributed by atoms with Crippen LogP contribution in [0.25, 0.3) is 0 Å². The van der Waals surface area contributed by atoms with E-state index in [-0.39, 0.29) is 6.61 Å². The van der Waals surface area contributed by atoms with Crippen LogP contribution < -0.4 is 0 Å². The number of hydrogen-bond acceptors (Lipinski definition) is 4. The largest absolute Gasteiger partial charge is 0.396 e. The summed E-state index contributed by atoms with van der Waals surface area (Å²) in [7, 11) is 0. The summed E-state index contributed by atoms with van der Waals surface area (Å²) in [5.41, 5.74) is 1.16. The van der Waals surface area contributed by atoms with Crippen molar-refractivity contribution in [2.24, 2.45) is 5.92 Å². The highest BCUT2D eigenvalue weighted by Gasteiger charge is 2.06. The third-order valence-electron chi connectivity index (χ3n) is 1.95. The fourth-order valence-corrected chi connectivity index (χ4v) is 3.35. The van der Waals surface area contributed by atoms with Crippen LogP contribution in [-0.2, 0) is 5.75 Å². The van der Waals surface area contributed by atoms with Crippen molar-refractivity contribution in [3.63, 3.8) is 0 Å². The van der Waals surface area contributed by atoms with Crippen molar-refractivity contribution in [3.8, 4) is 0 Å². The molecular weight excluding hydrogens is 214 g/mol. The molecule has 0 unspecified atom stereocenters. The van der Waals surface area contributed by atoms with E-state index in [0.717, 1.165) is 22.2 Å². The molecule has 0 aliphatic carbocycles. The lowest BCUT2D eigenvalue weighted by Crippen LogP contribution is -2.03. The molecule has 80 valence electrons. The number of rotatable bonds is 5. The van der Waals surface area contributed by atoms with Crippen molar-refractivity contribution in [2.45, 2.75) is 26.5 Å². The first-order valence-electron chi connectivity index (χ1n) is 4.75. The Morgan fingerprint density at radius 2 is 2.21 bits per heavy atom. The van der Waals surface area contributed by atoms with Gasteiger partial charge in [0.1, 0.15) is 0 Å². The lowest BCUT2D eigenvalue weighted by molar-refractivity contribution is 0.250. The average molecular weight is 231 g/mol. The molecule has 0 saturated heterocycles. The number of hydrogen-bond donors (Lipinski definition) is 1. The van der Waals surface area contributed by atoms with Crippen LogP contribution in [0.1, 0.15) is 22.5 Å². The van der Waals surface area contributed by atoms with Crippen molar-refractivity contribution >= 4 is 23.1 Å². The van der Waals surface area contributed by atoms with Gasteiger partial charge in [-0.2, -0.15) is 11.8 Å². The number of aromatic nitrogens is 1. The van der Waals surface area contributed by atoms with E-state index in [1.54, 1.807) is 11.3 Å². The average Bonchev–Trinajstić information content (AvgIpc) is 2.45. The molecule has 4 heteroatoms. The molecule has 0 spiro atoms. The molecule has 0 saturated carbocycles. The van der Waals surface area contributed by atoms with E-state index in [4.69, 9.17) is 5.11 Å². The third kappa shape index (κ3) is 3.59. The second-order valence-corrected chi connectivity index (χ2v) is 5.86. The molecule has 1 aromatic rings. The molecule has 1 aromatic heterocycles. The van der Waals surface area contributed by atoms with E-state index >= 15 is 0 Å². The van der Waals surface area contributed by atoms with Crippen LogP contribution in [-0.4, -0.2) is 22.5 Å². The van der Waals surface area contributed by atoms with Crippen LogP contribution in [0.2, 0.25) is 0 Å². The molecule has 1 heterocycles. The van der Waals surface area contributed by atoms with Gasteiger partial charge in [-0.25, -0.2) is 4.98 Å². The Kier molecular flexibility index (Phi) is 4.92. The van der Waals surface area contributed by atoms with E-state index in [2.05, 4.69) is 18.8 Å². The SMILES string of the molecule is Cc1nc(C)c(CSC[C@@H](C)CO)s1. The highest BCUT2D eigenvalue weighted by molar-refractivity contribution is 7.98. The topological polar surface area (TPSA) is 33.1 Å². The number of nitrogens with zero attached hydrogens (tertiary/aromatic N) is 1. The van der Waals surface area contributed by atoms with Crippen molar-refractivity contribution in [3.05, 3.63) is 15.6 Å². The zero-order valence-electron chi connectivity index (χ0n) is 8.91. The fourth-order valence-electron chi connectivity index (χ4n) is 1.11. The predicted molar refractivity (Wildman–Crippen MR) is 64.0 cm³/mol. The monoisotopic (exact) mass is 231 g/mol. The zero-order valence-corrected chi connectivity index (χ0v) is 10.5. The smallest absolute Gasteiger partial charge is 0.0900 e. The predicted octanol–water partition coefficient (Wildman–Crippen LogP) is 2.62. The molecule has 1 N–H and O–H groups in total. The normalized spacial score (nSPS) is 13.1. The zero-order chi connectivity index (χ0) is 10.6. The van der Waals surface area contributed by atoms with E-state index in [1.165, 1.54) is 4.88 Å². The quantitative estimate of drug-likeness (QED) is 0.845. The summed E-state index contributed by atoms with van der Waals surface area (Å²) >= 11 is 3.66. The molecule has 1 rings (SSSR count). The van der Waals surface area contributed by atoms with Gasteiger partial charge in [0.2, 0.25) is 0 Å². The first kappa shape index (κ1) is 12.0. The maximum Gasteiger partial charge on any atom is 0.0900 e. The number of thiazole rings is 1. The Morgan fingerprint density at radius 3 is 2.71 bits per heavy atom. The summed E-state index contributed by atoms with van der Waals surface area (Å²) in [4.78, 5) is 5.76. The minimum atomic E-state index is 0.285. The minimum absolute atomic E-state index is 0.285. The summed E-state index contributed by atoms with van der Waals surface area (Å²) < 4.78 is 0. The van der Waals surface area contributed by atoms with Crippen LogP contribution in [0.3, 0.4) is 0 Å².